The normalized spacial score (nSPS) is 17.2. The van der Waals surface area contributed by atoms with Crippen molar-refractivity contribution in [1.82, 2.24) is 46.3 Å². The Morgan fingerprint density at radius 3 is 2.15 bits per heavy atom. The fourth-order valence-electron chi connectivity index (χ4n) is 10.9. The summed E-state index contributed by atoms with van der Waals surface area (Å²) in [5.74, 6) is 1.06. The number of pyridine rings is 1. The zero-order valence-electron chi connectivity index (χ0n) is 50.7. The number of allylic oxidation sites excluding steroid dienone is 1. The number of likely N-dealkylation sites (tertiary alicyclic amines) is 1. The molecule has 20 nitrogen and oxygen atoms in total. The molecule has 4 amide bonds. The third-order valence-electron chi connectivity index (χ3n) is 15.9. The number of nitrogens with zero attached hydrogens (tertiary/aromatic N) is 5. The number of anilines is 1. The topological polar surface area (TPSA) is 256 Å². The fourth-order valence-corrected chi connectivity index (χ4v) is 10.9. The second kappa shape index (κ2) is 32.4. The van der Waals surface area contributed by atoms with Gasteiger partial charge in [0.2, 0.25) is 25.0 Å². The lowest BCUT2D eigenvalue weighted by Gasteiger charge is -2.37. The predicted octanol–water partition coefficient (Wildman–Crippen LogP) is 7.84. The van der Waals surface area contributed by atoms with E-state index in [-0.39, 0.29) is 55.6 Å². The van der Waals surface area contributed by atoms with E-state index < -0.39 is 29.1 Å². The largest absolute Gasteiger partial charge is 0.494 e. The molecule has 2 aromatic heterocycles. The maximum Gasteiger partial charge on any atom is 0.251 e. The van der Waals surface area contributed by atoms with Gasteiger partial charge >= 0.3 is 0 Å². The van der Waals surface area contributed by atoms with Gasteiger partial charge in [-0.3, -0.25) is 34.3 Å². The summed E-state index contributed by atoms with van der Waals surface area (Å²) < 4.78 is 23.2. The zero-order chi connectivity index (χ0) is 60.7. The molecule has 0 saturated carbocycles. The van der Waals surface area contributed by atoms with Crippen molar-refractivity contribution in [2.24, 2.45) is 10.4 Å². The molecule has 3 aromatic carbocycles. The number of nitrogens with one attached hydrogen (secondary N) is 6. The Morgan fingerprint density at radius 2 is 1.48 bits per heavy atom. The number of aliphatic hydroxyl groups excluding tert-OH is 1. The van der Waals surface area contributed by atoms with Gasteiger partial charge in [0.05, 0.1) is 50.7 Å². The molecule has 5 aromatic rings. The molecule has 4 atom stereocenters. The summed E-state index contributed by atoms with van der Waals surface area (Å²) in [6.07, 6.45) is 12.6. The molecule has 2 fully saturated rings. The van der Waals surface area contributed by atoms with E-state index in [2.05, 4.69) is 46.8 Å². The van der Waals surface area contributed by atoms with E-state index >= 15 is 0 Å². The van der Waals surface area contributed by atoms with Crippen molar-refractivity contribution in [3.63, 3.8) is 0 Å². The van der Waals surface area contributed by atoms with Gasteiger partial charge in [0.15, 0.2) is 11.6 Å². The number of hydrogen-bond acceptors (Lipinski definition) is 15. The van der Waals surface area contributed by atoms with Gasteiger partial charge < -0.3 is 55.5 Å². The minimum atomic E-state index is -0.871. The third kappa shape index (κ3) is 19.1. The van der Waals surface area contributed by atoms with Gasteiger partial charge in [-0.2, -0.15) is 5.10 Å². The Hall–Kier alpha value is -7.30. The van der Waals surface area contributed by atoms with Crippen molar-refractivity contribution >= 4 is 48.2 Å². The highest BCUT2D eigenvalue weighted by molar-refractivity contribution is 6.85. The number of ether oxygens (including phenoxy) is 4. The molecule has 7 N–H and O–H groups in total. The predicted molar refractivity (Wildman–Crippen MR) is 333 cm³/mol. The summed E-state index contributed by atoms with van der Waals surface area (Å²) >= 11 is 0. The molecule has 0 bridgehead atoms. The Bertz CT molecular complexity index is 3020. The van der Waals surface area contributed by atoms with E-state index in [4.69, 9.17) is 23.9 Å². The number of carbonyl (C=O) groups excluding carboxylic acids is 4. The lowest BCUT2D eigenvalue weighted by atomic mass is 9.69. The van der Waals surface area contributed by atoms with Crippen molar-refractivity contribution in [2.45, 2.75) is 142 Å². The van der Waals surface area contributed by atoms with Crippen molar-refractivity contribution in [2.75, 3.05) is 71.2 Å². The minimum absolute atomic E-state index is 0.0208. The maximum absolute atomic E-state index is 14.0. The van der Waals surface area contributed by atoms with Gasteiger partial charge in [-0.25, -0.2) is 4.98 Å². The number of carbonyl (C=O) groups is 4. The van der Waals surface area contributed by atoms with Crippen LogP contribution in [0.25, 0.3) is 16.9 Å². The van der Waals surface area contributed by atoms with Gasteiger partial charge in [0.1, 0.15) is 17.8 Å². The number of β-amino-alcohol motifs (C(OH)–C–C–N with tert-alkyl or cyclic N) is 1. The highest BCUT2D eigenvalue weighted by Crippen LogP contribution is 2.34. The molecule has 3 aliphatic heterocycles. The molecule has 2 saturated heterocycles. The first-order valence-electron chi connectivity index (χ1n) is 30.6. The first-order chi connectivity index (χ1) is 41.7. The Kier molecular flexibility index (Phi) is 24.4. The lowest BCUT2D eigenvalue weighted by Crippen LogP contribution is -2.57. The molecule has 0 aliphatic carbocycles. The molecule has 1 radical (unpaired) electrons. The van der Waals surface area contributed by atoms with E-state index in [9.17, 15) is 24.3 Å². The molecule has 3 aliphatic rings. The summed E-state index contributed by atoms with van der Waals surface area (Å²) in [4.78, 5) is 68.9. The molecular formula is C65H87BN11O9. The van der Waals surface area contributed by atoms with E-state index in [0.29, 0.717) is 64.1 Å². The van der Waals surface area contributed by atoms with Gasteiger partial charge in [-0.05, 0) is 143 Å². The Labute approximate surface area is 507 Å². The number of aliphatic imine (C=N–C) groups is 1. The van der Waals surface area contributed by atoms with Gasteiger partial charge in [-0.15, -0.1) is 0 Å². The number of rotatable bonds is 33. The van der Waals surface area contributed by atoms with Crippen molar-refractivity contribution in [1.29, 1.82) is 0 Å². The minimum Gasteiger partial charge on any atom is -0.494 e. The van der Waals surface area contributed by atoms with E-state index in [1.54, 1.807) is 18.5 Å². The average molecular weight is 1180 g/mol. The summed E-state index contributed by atoms with van der Waals surface area (Å²) in [5.41, 5.74) is 6.11. The molecule has 459 valence electrons. The Balaban J connectivity index is 0.613. The number of benzene rings is 3. The number of aliphatic hydroxyl groups is 1. The van der Waals surface area contributed by atoms with Crippen molar-refractivity contribution in [3.05, 3.63) is 131 Å². The van der Waals surface area contributed by atoms with Crippen LogP contribution in [0.15, 0.2) is 108 Å². The second-order valence-corrected chi connectivity index (χ2v) is 23.6. The standard InChI is InChI=1S/C65H87BN11O9/c1-45(71-60(80)51-14-13-15-52(40-51)74-65(27-31-68-32-28-65)63-73-59(75-76-63)50-25-29-67-30-26-50)48-21-23-54(24-22-48)86-35-12-7-6-10-33-83-36-38-85-39-37-84-34-11-8-9-16-56(79)72-58(64(3,4)5)62(82)77-43-53(78)41-55(77)61(81)69-42-47-17-19-49(20-18-47)57-46(2)70-44-66-57/h13-15,17-26,29-30,40,44-45,53,55,58,68,74,78H,6-12,16,27-28,31-39,41-43H2,1-5H3,(H,69,81)(H,71,80)(H,72,79)(H,73,75,76)/t45-,53?,55?,58?/m1/s1. The highest BCUT2D eigenvalue weighted by atomic mass is 16.5. The number of amides is 4. The van der Waals surface area contributed by atoms with E-state index in [1.165, 1.54) is 4.90 Å². The summed E-state index contributed by atoms with van der Waals surface area (Å²) in [7, 11) is 1.97. The summed E-state index contributed by atoms with van der Waals surface area (Å²) in [5, 5.41) is 34.5. The van der Waals surface area contributed by atoms with E-state index in [0.717, 1.165) is 115 Å². The van der Waals surface area contributed by atoms with Crippen LogP contribution in [-0.2, 0) is 40.7 Å². The van der Waals surface area contributed by atoms with Crippen LogP contribution in [0.4, 0.5) is 5.69 Å². The van der Waals surface area contributed by atoms with Crippen LogP contribution < -0.4 is 31.3 Å². The molecule has 3 unspecified atom stereocenters. The number of piperidine rings is 1. The van der Waals surface area contributed by atoms with Crippen LogP contribution in [0, 0.1) is 5.41 Å². The van der Waals surface area contributed by atoms with Gasteiger partial charge in [0, 0.05) is 74.0 Å². The number of unbranched alkanes of at least 4 members (excludes halogenated alkanes) is 5. The quantitative estimate of drug-likeness (QED) is 0.0156. The molecule has 5 heterocycles. The third-order valence-corrected chi connectivity index (χ3v) is 15.9. The molecule has 0 spiro atoms. The smallest absolute Gasteiger partial charge is 0.251 e. The number of hydrogen-bond donors (Lipinski definition) is 7. The van der Waals surface area contributed by atoms with Crippen LogP contribution in [-0.4, -0.2) is 151 Å². The summed E-state index contributed by atoms with van der Waals surface area (Å²) in [6, 6.07) is 25.2. The molecule has 86 heavy (non-hydrogen) atoms. The zero-order valence-corrected chi connectivity index (χ0v) is 50.7. The number of H-pyrrole nitrogens is 1. The van der Waals surface area contributed by atoms with Crippen molar-refractivity contribution in [3.8, 4) is 17.1 Å². The molecule has 21 heteroatoms. The molecule has 8 rings (SSSR count). The number of aromatic nitrogens is 4. The van der Waals surface area contributed by atoms with Crippen LogP contribution >= 0.6 is 0 Å². The SMILES string of the molecule is CC1=C(c2ccc(CNC(=O)C3CC(O)CN3C(=O)C(NC(=O)CCCCCOCCOCCOCCCCCCOc3ccc([C@@H](C)NC(=O)c4cccc(NC5(c6nc(-c7ccncc7)n[nH]6)CCNCC5)c4)cc3)C(C)(C)C)cc2)[B]C=N1. The first kappa shape index (κ1) is 64.7. The highest BCUT2D eigenvalue weighted by Gasteiger charge is 2.44. The van der Waals surface area contributed by atoms with Gasteiger partial charge in [0.25, 0.3) is 5.91 Å². The first-order valence-corrected chi connectivity index (χ1v) is 30.6. The van der Waals surface area contributed by atoms with Gasteiger partial charge in [-0.1, -0.05) is 81.5 Å². The maximum atomic E-state index is 14.0. The second-order valence-electron chi connectivity index (χ2n) is 23.6. The Morgan fingerprint density at radius 1 is 0.802 bits per heavy atom. The van der Waals surface area contributed by atoms with Crippen LogP contribution in [0.1, 0.15) is 144 Å². The van der Waals surface area contributed by atoms with Crippen LogP contribution in [0.3, 0.4) is 0 Å². The van der Waals surface area contributed by atoms with E-state index in [1.807, 2.05) is 127 Å². The lowest BCUT2D eigenvalue weighted by molar-refractivity contribution is -0.144. The average Bonchev–Trinajstić information content (AvgIpc) is 3.15. The van der Waals surface area contributed by atoms with Crippen LogP contribution in [0.5, 0.6) is 5.75 Å². The monoisotopic (exact) mass is 1180 g/mol. The fraction of sp³-hybridized carbons (Fsp3) is 0.508. The van der Waals surface area contributed by atoms with Crippen LogP contribution in [0.2, 0.25) is 0 Å². The molecular weight excluding hydrogens is 1090 g/mol. The summed E-state index contributed by atoms with van der Waals surface area (Å²) in [6.45, 7) is 15.3. The number of aromatic amines is 1. The van der Waals surface area contributed by atoms with Crippen molar-refractivity contribution < 1.29 is 43.2 Å².